The number of hydrogen-bond donors (Lipinski definition) is 5. The Morgan fingerprint density at radius 3 is 1.65 bits per heavy atom. The Morgan fingerprint density at radius 1 is 0.455 bits per heavy atom. The van der Waals surface area contributed by atoms with Gasteiger partial charge in [0.25, 0.3) is 17.0 Å². The molecule has 0 bridgehead atoms. The van der Waals surface area contributed by atoms with Crippen molar-refractivity contribution in [1.29, 1.82) is 0 Å². The molecule has 5 heterocycles. The molecule has 4 aliphatic carbocycles. The van der Waals surface area contributed by atoms with Gasteiger partial charge in [0.15, 0.2) is 11.6 Å². The normalized spacial score (nSPS) is 13.7. The minimum absolute atomic E-state index is 0.0220. The lowest BCUT2D eigenvalue weighted by molar-refractivity contribution is 0.0962. The standard InChI is InChI=1S/C14H16O.C12H14O.C11H12N2O2.C11H12N2O.C11H13NO.C11H13N.C9H12.C8H11NO/c1-9(2)10-3-4-12-11(7-10)13(15)8-14(12)5-6-14;1-8(2)10-4-3-9-5-6-12(13)11(9)7-10;1-6(2)7-4-3-5-8-9(7)12-11(15)13-10(8)14;1-7(2)8-4-3-5-9-10(8)12-6-13-11(9)14;1-7(2)8-4-3-5-9-10(8)6-12-11(9)13;1-8(2)10-6-9-4-3-5-11(9)12-7-10;1-8(2)9-6-4-3-5-7-9;1-6(2)7-3-4-9-8(10)5-7/h3-4,7,9H,5-6,8H2,1-2H3;3-4,7-8H,5-6H2,1-2H3;3-6H,1-2H3,(H2,12,13,14,15);3-7H,1-2H3,(H,12,13,14);3-5,7H,6H2,1-2H3,(H,12,13);3-4,6-8H,5H2,1-2H3;3-8H,1-2H3;3-6H,1-2H3,(H,9,10). The highest BCUT2D eigenvalue weighted by molar-refractivity contribution is 6.03. The second-order valence-electron chi connectivity index (χ2n) is 29.3. The van der Waals surface area contributed by atoms with Gasteiger partial charge in [-0.15, -0.1) is 0 Å². The highest BCUT2D eigenvalue weighted by Crippen LogP contribution is 2.56. The van der Waals surface area contributed by atoms with Crippen molar-refractivity contribution in [2.24, 2.45) is 0 Å². The predicted octanol–water partition coefficient (Wildman–Crippen LogP) is 18.9. The van der Waals surface area contributed by atoms with Gasteiger partial charge in [-0.3, -0.25) is 38.7 Å². The number of Topliss-reactive ketones (excluding diaryl/α,β-unsaturated/α-hetero) is 2. The summed E-state index contributed by atoms with van der Waals surface area (Å²) < 4.78 is 0. The van der Waals surface area contributed by atoms with Gasteiger partial charge in [-0.05, 0) is 176 Å². The summed E-state index contributed by atoms with van der Waals surface area (Å²) in [4.78, 5) is 98.2. The van der Waals surface area contributed by atoms with E-state index in [-0.39, 0.29) is 33.9 Å². The molecular formula is C87H103N7O7. The largest absolute Gasteiger partial charge is 0.348 e. The monoisotopic (exact) mass is 1360 g/mol. The van der Waals surface area contributed by atoms with Crippen LogP contribution in [0.2, 0.25) is 0 Å². The molecule has 1 aliphatic heterocycles. The van der Waals surface area contributed by atoms with E-state index in [0.717, 1.165) is 58.2 Å². The first-order valence-corrected chi connectivity index (χ1v) is 35.9. The molecule has 1 saturated carbocycles. The number of carbonyl (C=O) groups is 3. The van der Waals surface area contributed by atoms with Gasteiger partial charge in [0.1, 0.15) is 0 Å². The smallest absolute Gasteiger partial charge is 0.326 e. The Morgan fingerprint density at radius 2 is 1.05 bits per heavy atom. The number of aromatic nitrogens is 6. The van der Waals surface area contributed by atoms with Crippen molar-refractivity contribution in [2.45, 2.75) is 209 Å². The van der Waals surface area contributed by atoms with Crippen molar-refractivity contribution in [1.82, 2.24) is 35.2 Å². The maximum absolute atomic E-state index is 11.9. The van der Waals surface area contributed by atoms with E-state index < -0.39 is 5.69 Å². The number of aryl methyl sites for hydroxylation is 1. The maximum Gasteiger partial charge on any atom is 0.326 e. The third-order valence-corrected chi connectivity index (χ3v) is 19.1. The fourth-order valence-corrected chi connectivity index (χ4v) is 12.7. The summed E-state index contributed by atoms with van der Waals surface area (Å²) in [5.74, 6) is 4.59. The zero-order valence-corrected chi connectivity index (χ0v) is 62.0. The average molecular weight is 1360 g/mol. The van der Waals surface area contributed by atoms with E-state index >= 15 is 0 Å². The van der Waals surface area contributed by atoms with Crippen LogP contribution in [-0.4, -0.2) is 47.4 Å². The highest BCUT2D eigenvalue weighted by Gasteiger charge is 2.52. The molecule has 14 nitrogen and oxygen atoms in total. The number of nitrogens with one attached hydrogen (secondary N) is 5. The van der Waals surface area contributed by atoms with Crippen LogP contribution < -0.4 is 27.7 Å². The van der Waals surface area contributed by atoms with Crippen LogP contribution in [-0.2, 0) is 24.8 Å². The SMILES string of the molecule is CC(C)c1cc[nH]c(=O)c1.CC(C)c1ccc2c(c1)C(=O)CC2.CC(C)c1ccc2c(c1)C(=O)CC21CC1.CC(C)c1cccc2c(=O)[nH]c(=O)[nH]c12.CC(C)c1cccc2c(=O)[nH]cnc12.CC(C)c1cccc2c1CNC2=O.CC(C)c1ccccc1.CC(C)c1cnc2c(c1)C=CC2. The number of benzene rings is 6. The average Bonchev–Trinajstić information content (AvgIpc) is 1.57. The number of allylic oxidation sites excluding steroid dienone is 1. The number of H-pyrrole nitrogens is 4. The van der Waals surface area contributed by atoms with Gasteiger partial charge >= 0.3 is 5.69 Å². The van der Waals surface area contributed by atoms with E-state index in [0.29, 0.717) is 82.2 Å². The van der Waals surface area contributed by atoms with E-state index in [9.17, 15) is 33.6 Å². The summed E-state index contributed by atoms with van der Waals surface area (Å²) in [5, 5.41) is 4.04. The van der Waals surface area contributed by atoms with Crippen molar-refractivity contribution < 1.29 is 14.4 Å². The van der Waals surface area contributed by atoms with Crippen LogP contribution in [0.15, 0.2) is 184 Å². The van der Waals surface area contributed by atoms with Crippen molar-refractivity contribution in [3.8, 4) is 0 Å². The van der Waals surface area contributed by atoms with Gasteiger partial charge in [0, 0.05) is 66.4 Å². The Labute approximate surface area is 595 Å². The van der Waals surface area contributed by atoms with Crippen LogP contribution >= 0.6 is 0 Å². The molecule has 101 heavy (non-hydrogen) atoms. The molecule has 14 heteroatoms. The van der Waals surface area contributed by atoms with Crippen LogP contribution in [0.25, 0.3) is 27.9 Å². The quantitative estimate of drug-likeness (QED) is 0.0975. The fourth-order valence-electron chi connectivity index (χ4n) is 12.7. The number of nitrogens with zero attached hydrogens (tertiary/aromatic N) is 2. The molecule has 10 aromatic rings. The maximum atomic E-state index is 11.9. The molecule has 4 aromatic heterocycles. The molecule has 5 N–H and O–H groups in total. The van der Waals surface area contributed by atoms with Gasteiger partial charge < -0.3 is 20.3 Å². The molecule has 0 unspecified atom stereocenters. The number of amides is 1. The minimum atomic E-state index is -0.458. The number of para-hydroxylation sites is 2. The number of carbonyl (C=O) groups excluding carboxylic acids is 3. The molecular weight excluding hydrogens is 1250 g/mol. The van der Waals surface area contributed by atoms with Gasteiger partial charge in [-0.25, -0.2) is 9.78 Å². The lowest BCUT2D eigenvalue weighted by Crippen LogP contribution is -2.22. The number of rotatable bonds is 8. The third kappa shape index (κ3) is 20.0. The van der Waals surface area contributed by atoms with E-state index in [4.69, 9.17) is 0 Å². The number of fused-ring (bicyclic) bond motifs is 7. The lowest BCUT2D eigenvalue weighted by atomic mass is 9.94. The number of aromatic amines is 4. The molecule has 15 rings (SSSR count). The number of ketones is 2. The Bertz CT molecular complexity index is 4800. The Balaban J connectivity index is 0.000000147. The molecule has 1 amide bonds. The van der Waals surface area contributed by atoms with Crippen LogP contribution in [0.4, 0.5) is 0 Å². The second kappa shape index (κ2) is 34.9. The minimum Gasteiger partial charge on any atom is -0.348 e. The molecule has 0 atom stereocenters. The van der Waals surface area contributed by atoms with Crippen molar-refractivity contribution in [3.63, 3.8) is 0 Å². The predicted molar refractivity (Wildman–Crippen MR) is 414 cm³/mol. The van der Waals surface area contributed by atoms with Crippen LogP contribution in [0, 0.1) is 0 Å². The summed E-state index contributed by atoms with van der Waals surface area (Å²) >= 11 is 0. The second-order valence-corrected chi connectivity index (χ2v) is 29.3. The first-order chi connectivity index (χ1) is 48.1. The first kappa shape index (κ1) is 76.8. The fraction of sp³-hybridized carbons (Fsp3) is 0.368. The van der Waals surface area contributed by atoms with Crippen molar-refractivity contribution >= 4 is 45.4 Å². The molecule has 528 valence electrons. The van der Waals surface area contributed by atoms with Crippen molar-refractivity contribution in [3.05, 3.63) is 295 Å². The summed E-state index contributed by atoms with van der Waals surface area (Å²) in [6.07, 6.45) is 15.3. The van der Waals surface area contributed by atoms with Gasteiger partial charge in [-0.2, -0.15) is 0 Å². The number of pyridine rings is 2. The van der Waals surface area contributed by atoms with Crippen LogP contribution in [0.5, 0.6) is 0 Å². The topological polar surface area (TPSA) is 220 Å². The lowest BCUT2D eigenvalue weighted by Gasteiger charge is -2.10. The van der Waals surface area contributed by atoms with Gasteiger partial charge in [0.2, 0.25) is 5.56 Å². The van der Waals surface area contributed by atoms with E-state index in [1.54, 1.807) is 24.4 Å². The molecule has 0 radical (unpaired) electrons. The Hall–Kier alpha value is -9.95. The Kier molecular flexibility index (Phi) is 26.5. The molecule has 1 spiro atoms. The summed E-state index contributed by atoms with van der Waals surface area (Å²) in [6.45, 7) is 34.8. The third-order valence-electron chi connectivity index (χ3n) is 19.1. The van der Waals surface area contributed by atoms with E-state index in [1.807, 2.05) is 68.6 Å². The molecule has 5 aliphatic rings. The molecule has 1 fully saturated rings. The molecule has 6 aromatic carbocycles. The van der Waals surface area contributed by atoms with Crippen LogP contribution in [0.3, 0.4) is 0 Å². The number of hydrogen-bond acceptors (Lipinski definition) is 9. The van der Waals surface area contributed by atoms with Crippen molar-refractivity contribution in [2.75, 3.05) is 0 Å². The van der Waals surface area contributed by atoms with Gasteiger partial charge in [0.05, 0.1) is 33.8 Å². The van der Waals surface area contributed by atoms with E-state index in [2.05, 4.69) is 217 Å². The molecule has 0 saturated heterocycles. The van der Waals surface area contributed by atoms with E-state index in [1.165, 1.54) is 74.9 Å². The summed E-state index contributed by atoms with van der Waals surface area (Å²) in [6, 6.07) is 46.3. The van der Waals surface area contributed by atoms with Crippen LogP contribution in [0.1, 0.15) is 287 Å². The zero-order valence-electron chi connectivity index (χ0n) is 62.0. The summed E-state index contributed by atoms with van der Waals surface area (Å²) in [5.41, 5.74) is 19.7. The van der Waals surface area contributed by atoms with Gasteiger partial charge in [-0.1, -0.05) is 214 Å². The summed E-state index contributed by atoms with van der Waals surface area (Å²) in [7, 11) is 0. The first-order valence-electron chi connectivity index (χ1n) is 35.9. The highest BCUT2D eigenvalue weighted by atomic mass is 16.2. The zero-order chi connectivity index (χ0) is 73.4.